The molecule has 2 rings (SSSR count). The number of anilines is 1. The van der Waals surface area contributed by atoms with E-state index in [9.17, 15) is 9.90 Å². The van der Waals surface area contributed by atoms with Gasteiger partial charge in [-0.1, -0.05) is 24.4 Å². The summed E-state index contributed by atoms with van der Waals surface area (Å²) in [6, 6.07) is 4.88. The maximum absolute atomic E-state index is 12.1. The van der Waals surface area contributed by atoms with E-state index in [4.69, 9.17) is 17.3 Å². The zero-order chi connectivity index (χ0) is 14.5. The van der Waals surface area contributed by atoms with Gasteiger partial charge in [-0.25, -0.2) is 0 Å². The van der Waals surface area contributed by atoms with Gasteiger partial charge in [0.1, 0.15) is 0 Å². The summed E-state index contributed by atoms with van der Waals surface area (Å²) >= 11 is 6.02. The summed E-state index contributed by atoms with van der Waals surface area (Å²) in [5.74, 6) is 0.466. The molecule has 110 valence electrons. The molecule has 0 aromatic heterocycles. The van der Waals surface area contributed by atoms with Crippen molar-refractivity contribution >= 4 is 23.2 Å². The van der Waals surface area contributed by atoms with Crippen LogP contribution in [0.25, 0.3) is 0 Å². The van der Waals surface area contributed by atoms with Gasteiger partial charge in [-0.05, 0) is 42.9 Å². The number of hydrogen-bond donors (Lipinski definition) is 3. The Hall–Kier alpha value is -1.26. The minimum atomic E-state index is -0.183. The van der Waals surface area contributed by atoms with Crippen molar-refractivity contribution in [2.75, 3.05) is 18.9 Å². The predicted molar refractivity (Wildman–Crippen MR) is 80.7 cm³/mol. The number of carbonyl (C=O) groups excluding carboxylic acids is 1. The number of nitrogens with one attached hydrogen (secondary N) is 1. The quantitative estimate of drug-likeness (QED) is 0.747. The van der Waals surface area contributed by atoms with E-state index >= 15 is 0 Å². The van der Waals surface area contributed by atoms with Crippen LogP contribution in [0.5, 0.6) is 0 Å². The molecule has 2 unspecified atom stereocenters. The Morgan fingerprint density at radius 1 is 1.35 bits per heavy atom. The Labute approximate surface area is 124 Å². The minimum absolute atomic E-state index is 0.183. The number of benzene rings is 1. The molecule has 0 spiro atoms. The molecule has 2 atom stereocenters. The highest BCUT2D eigenvalue weighted by Gasteiger charge is 2.25. The number of halogens is 1. The fourth-order valence-electron chi connectivity index (χ4n) is 2.83. The first kappa shape index (κ1) is 15.1. The highest BCUT2D eigenvalue weighted by molar-refractivity contribution is 6.34. The lowest BCUT2D eigenvalue weighted by Crippen LogP contribution is -2.35. The van der Waals surface area contributed by atoms with Crippen molar-refractivity contribution in [3.05, 3.63) is 28.8 Å². The molecule has 4 nitrogen and oxygen atoms in total. The number of aliphatic hydroxyl groups is 1. The molecule has 5 heteroatoms. The molecule has 1 fully saturated rings. The summed E-state index contributed by atoms with van der Waals surface area (Å²) in [7, 11) is 0. The number of aliphatic hydroxyl groups excluding tert-OH is 1. The first-order valence-corrected chi connectivity index (χ1v) is 7.43. The lowest BCUT2D eigenvalue weighted by atomic mass is 9.79. The molecule has 4 N–H and O–H groups in total. The van der Waals surface area contributed by atoms with E-state index in [2.05, 4.69) is 5.32 Å². The number of hydrogen-bond acceptors (Lipinski definition) is 3. The molecule has 0 saturated heterocycles. The summed E-state index contributed by atoms with van der Waals surface area (Å²) < 4.78 is 0. The number of nitrogens with two attached hydrogens (primary N) is 1. The van der Waals surface area contributed by atoms with E-state index in [1.54, 1.807) is 18.2 Å². The van der Waals surface area contributed by atoms with Crippen molar-refractivity contribution in [1.29, 1.82) is 0 Å². The van der Waals surface area contributed by atoms with Crippen LogP contribution in [0.3, 0.4) is 0 Å². The largest absolute Gasteiger partial charge is 0.399 e. The molecule has 20 heavy (non-hydrogen) atoms. The van der Waals surface area contributed by atoms with Gasteiger partial charge in [0.2, 0.25) is 0 Å². The van der Waals surface area contributed by atoms with Gasteiger partial charge in [-0.2, -0.15) is 0 Å². The van der Waals surface area contributed by atoms with Gasteiger partial charge in [0.05, 0.1) is 10.6 Å². The van der Waals surface area contributed by atoms with Gasteiger partial charge < -0.3 is 16.2 Å². The molecule has 1 saturated carbocycles. The lowest BCUT2D eigenvalue weighted by molar-refractivity contribution is 0.0909. The summed E-state index contributed by atoms with van der Waals surface area (Å²) in [4.78, 5) is 12.1. The fourth-order valence-corrected chi connectivity index (χ4v) is 3.10. The van der Waals surface area contributed by atoms with Gasteiger partial charge in [-0.15, -0.1) is 0 Å². The monoisotopic (exact) mass is 296 g/mol. The third kappa shape index (κ3) is 3.64. The van der Waals surface area contributed by atoms with Gasteiger partial charge >= 0.3 is 0 Å². The summed E-state index contributed by atoms with van der Waals surface area (Å²) in [5.41, 5.74) is 6.59. The molecular formula is C15H21ClN2O2. The molecule has 1 aliphatic carbocycles. The standard InChI is InChI=1S/C15H21ClN2O2/c16-14-7-12(17)5-6-13(14)15(20)18-8-10-3-1-2-4-11(10)9-19/h5-7,10-11,19H,1-4,8-9,17H2,(H,18,20). The zero-order valence-corrected chi connectivity index (χ0v) is 12.2. The zero-order valence-electron chi connectivity index (χ0n) is 11.4. The minimum Gasteiger partial charge on any atom is -0.399 e. The van der Waals surface area contributed by atoms with Crippen LogP contribution < -0.4 is 11.1 Å². The molecule has 1 aliphatic rings. The molecule has 0 radical (unpaired) electrons. The summed E-state index contributed by atoms with van der Waals surface area (Å²) in [6.07, 6.45) is 4.43. The maximum Gasteiger partial charge on any atom is 0.252 e. The molecule has 1 aromatic rings. The Kier molecular flexibility index (Phi) is 5.26. The molecule has 1 aromatic carbocycles. The molecular weight excluding hydrogens is 276 g/mol. The van der Waals surface area contributed by atoms with E-state index in [-0.39, 0.29) is 12.5 Å². The summed E-state index contributed by atoms with van der Waals surface area (Å²) in [6.45, 7) is 0.786. The van der Waals surface area contributed by atoms with Gasteiger partial charge in [-0.3, -0.25) is 4.79 Å². The van der Waals surface area contributed by atoms with Crippen LogP contribution >= 0.6 is 11.6 Å². The van der Waals surface area contributed by atoms with Crippen molar-refractivity contribution < 1.29 is 9.90 Å². The average molecular weight is 297 g/mol. The van der Waals surface area contributed by atoms with E-state index in [1.165, 1.54) is 12.8 Å². The first-order valence-electron chi connectivity index (χ1n) is 7.06. The smallest absolute Gasteiger partial charge is 0.252 e. The fraction of sp³-hybridized carbons (Fsp3) is 0.533. The predicted octanol–water partition coefficient (Wildman–Crippen LogP) is 2.45. The molecule has 1 amide bonds. The third-order valence-corrected chi connectivity index (χ3v) is 4.38. The number of amides is 1. The Morgan fingerprint density at radius 3 is 2.70 bits per heavy atom. The van der Waals surface area contributed by atoms with E-state index in [0.717, 1.165) is 12.8 Å². The Balaban J connectivity index is 1.94. The average Bonchev–Trinajstić information content (AvgIpc) is 2.45. The number of nitrogen functional groups attached to an aromatic ring is 1. The molecule has 0 heterocycles. The highest BCUT2D eigenvalue weighted by atomic mass is 35.5. The Bertz CT molecular complexity index is 479. The van der Waals surface area contributed by atoms with Crippen LogP contribution in [0.4, 0.5) is 5.69 Å². The second kappa shape index (κ2) is 6.95. The van der Waals surface area contributed by atoms with Crippen LogP contribution in [0.15, 0.2) is 18.2 Å². The van der Waals surface area contributed by atoms with Crippen LogP contribution in [0.2, 0.25) is 5.02 Å². The van der Waals surface area contributed by atoms with Gasteiger partial charge in [0.15, 0.2) is 0 Å². The van der Waals surface area contributed by atoms with Crippen LogP contribution in [-0.2, 0) is 0 Å². The van der Waals surface area contributed by atoms with E-state index < -0.39 is 0 Å². The SMILES string of the molecule is Nc1ccc(C(=O)NCC2CCCCC2CO)c(Cl)c1. The van der Waals surface area contributed by atoms with Gasteiger partial charge in [0.25, 0.3) is 5.91 Å². The Morgan fingerprint density at radius 2 is 2.05 bits per heavy atom. The normalized spacial score (nSPS) is 22.5. The van der Waals surface area contributed by atoms with Gasteiger partial charge in [0, 0.05) is 18.8 Å². The number of carbonyl (C=O) groups is 1. The third-order valence-electron chi connectivity index (χ3n) is 4.06. The van der Waals surface area contributed by atoms with Crippen molar-refractivity contribution in [1.82, 2.24) is 5.32 Å². The van der Waals surface area contributed by atoms with Crippen LogP contribution in [-0.4, -0.2) is 24.2 Å². The first-order chi connectivity index (χ1) is 9.61. The van der Waals surface area contributed by atoms with Crippen molar-refractivity contribution in [2.24, 2.45) is 11.8 Å². The van der Waals surface area contributed by atoms with E-state index in [1.807, 2.05) is 0 Å². The number of rotatable bonds is 4. The second-order valence-corrected chi connectivity index (χ2v) is 5.84. The van der Waals surface area contributed by atoms with Crippen molar-refractivity contribution in [2.45, 2.75) is 25.7 Å². The van der Waals surface area contributed by atoms with Crippen molar-refractivity contribution in [3.8, 4) is 0 Å². The van der Waals surface area contributed by atoms with E-state index in [0.29, 0.717) is 34.7 Å². The second-order valence-electron chi connectivity index (χ2n) is 5.44. The topological polar surface area (TPSA) is 75.4 Å². The van der Waals surface area contributed by atoms with Crippen LogP contribution in [0.1, 0.15) is 36.0 Å². The van der Waals surface area contributed by atoms with Crippen LogP contribution in [0, 0.1) is 11.8 Å². The maximum atomic E-state index is 12.1. The molecule has 0 bridgehead atoms. The lowest BCUT2D eigenvalue weighted by Gasteiger charge is -2.30. The summed E-state index contributed by atoms with van der Waals surface area (Å²) in [5, 5.41) is 12.7. The molecule has 0 aliphatic heterocycles. The van der Waals surface area contributed by atoms with Crippen molar-refractivity contribution in [3.63, 3.8) is 0 Å². The highest BCUT2D eigenvalue weighted by Crippen LogP contribution is 2.29.